The Morgan fingerprint density at radius 2 is 1.79 bits per heavy atom. The van der Waals surface area contributed by atoms with Gasteiger partial charge in [-0.2, -0.15) is 0 Å². The molecule has 2 heterocycles. The average Bonchev–Trinajstić information content (AvgIpc) is 2.99. The van der Waals surface area contributed by atoms with Gasteiger partial charge in [-0.05, 0) is 23.6 Å². The first-order valence-corrected chi connectivity index (χ1v) is 6.30. The molecule has 3 aromatic rings. The number of benzene rings is 1. The summed E-state index contributed by atoms with van der Waals surface area (Å²) in [4.78, 5) is 0.747. The molecule has 0 aliphatic heterocycles. The van der Waals surface area contributed by atoms with E-state index in [1.54, 1.807) is 6.07 Å². The molecular weight excluding hydrogens is 270 g/mol. The fourth-order valence-electron chi connectivity index (χ4n) is 1.85. The van der Waals surface area contributed by atoms with Gasteiger partial charge in [0, 0.05) is 4.88 Å². The smallest absolute Gasteiger partial charge is 0.183 e. The van der Waals surface area contributed by atoms with Crippen molar-refractivity contribution in [1.82, 2.24) is 5.16 Å². The van der Waals surface area contributed by atoms with Crippen molar-refractivity contribution in [2.24, 2.45) is 0 Å². The van der Waals surface area contributed by atoms with Gasteiger partial charge in [0.2, 0.25) is 0 Å². The lowest BCUT2D eigenvalue weighted by atomic mass is 10.1. The van der Waals surface area contributed by atoms with E-state index in [4.69, 9.17) is 10.3 Å². The van der Waals surface area contributed by atoms with E-state index < -0.39 is 11.6 Å². The van der Waals surface area contributed by atoms with Gasteiger partial charge in [0.15, 0.2) is 11.6 Å². The summed E-state index contributed by atoms with van der Waals surface area (Å²) in [5.41, 5.74) is 5.89. The molecule has 0 radical (unpaired) electrons. The van der Waals surface area contributed by atoms with Crippen LogP contribution in [0.15, 0.2) is 40.2 Å². The number of nitrogen functional groups attached to an aromatic ring is 1. The van der Waals surface area contributed by atoms with Crippen LogP contribution in [0.4, 0.5) is 14.6 Å². The van der Waals surface area contributed by atoms with Gasteiger partial charge in [-0.1, -0.05) is 17.3 Å². The second kappa shape index (κ2) is 4.47. The Balaban J connectivity index is 2.28. The van der Waals surface area contributed by atoms with Gasteiger partial charge < -0.3 is 10.3 Å². The van der Waals surface area contributed by atoms with E-state index >= 15 is 0 Å². The Morgan fingerprint density at radius 1 is 1.05 bits per heavy atom. The molecule has 96 valence electrons. The molecule has 1 aromatic carbocycles. The van der Waals surface area contributed by atoms with E-state index in [0.29, 0.717) is 5.56 Å². The van der Waals surface area contributed by atoms with Crippen molar-refractivity contribution in [3.05, 3.63) is 47.3 Å². The van der Waals surface area contributed by atoms with E-state index in [0.717, 1.165) is 17.0 Å². The molecule has 0 aliphatic carbocycles. The van der Waals surface area contributed by atoms with Crippen LogP contribution in [0.3, 0.4) is 0 Å². The van der Waals surface area contributed by atoms with Gasteiger partial charge in [0.1, 0.15) is 11.6 Å². The minimum Gasteiger partial charge on any atom is -0.380 e. The summed E-state index contributed by atoms with van der Waals surface area (Å²) in [6, 6.07) is 7.22. The average molecular weight is 278 g/mol. The van der Waals surface area contributed by atoms with Crippen LogP contribution in [-0.4, -0.2) is 5.16 Å². The Morgan fingerprint density at radius 3 is 2.42 bits per heavy atom. The first-order valence-electron chi connectivity index (χ1n) is 5.42. The van der Waals surface area contributed by atoms with Gasteiger partial charge in [-0.25, -0.2) is 8.78 Å². The lowest BCUT2D eigenvalue weighted by Crippen LogP contribution is -1.91. The van der Waals surface area contributed by atoms with Crippen LogP contribution in [0.25, 0.3) is 21.8 Å². The number of aromatic nitrogens is 1. The Hall–Kier alpha value is -2.21. The molecule has 0 saturated heterocycles. The topological polar surface area (TPSA) is 52.0 Å². The van der Waals surface area contributed by atoms with E-state index in [-0.39, 0.29) is 17.1 Å². The molecule has 0 saturated carbocycles. The maximum atomic E-state index is 13.8. The number of hydrogen-bond donors (Lipinski definition) is 1. The highest BCUT2D eigenvalue weighted by Crippen LogP contribution is 2.40. The third kappa shape index (κ3) is 1.90. The maximum Gasteiger partial charge on any atom is 0.183 e. The molecule has 0 amide bonds. The highest BCUT2D eigenvalue weighted by atomic mass is 32.1. The largest absolute Gasteiger partial charge is 0.380 e. The van der Waals surface area contributed by atoms with Crippen LogP contribution in [0.1, 0.15) is 0 Å². The maximum absolute atomic E-state index is 13.8. The van der Waals surface area contributed by atoms with E-state index in [1.165, 1.54) is 17.4 Å². The first-order chi connectivity index (χ1) is 9.18. The second-order valence-corrected chi connectivity index (χ2v) is 4.79. The van der Waals surface area contributed by atoms with Gasteiger partial charge in [0.05, 0.1) is 11.1 Å². The number of rotatable bonds is 2. The summed E-state index contributed by atoms with van der Waals surface area (Å²) < 4.78 is 32.6. The van der Waals surface area contributed by atoms with Crippen molar-refractivity contribution in [2.75, 3.05) is 5.73 Å². The minimum atomic E-state index is -0.714. The van der Waals surface area contributed by atoms with Gasteiger partial charge in [-0.3, -0.25) is 0 Å². The molecule has 0 aliphatic rings. The third-order valence-corrected chi connectivity index (χ3v) is 3.56. The van der Waals surface area contributed by atoms with Crippen LogP contribution in [-0.2, 0) is 0 Å². The summed E-state index contributed by atoms with van der Waals surface area (Å²) in [5.74, 6) is -1.31. The molecule has 0 bridgehead atoms. The zero-order chi connectivity index (χ0) is 13.4. The van der Waals surface area contributed by atoms with E-state index in [9.17, 15) is 8.78 Å². The first kappa shape index (κ1) is 11.9. The quantitative estimate of drug-likeness (QED) is 0.772. The summed E-state index contributed by atoms with van der Waals surface area (Å²) in [7, 11) is 0. The number of anilines is 1. The molecule has 2 N–H and O–H groups in total. The van der Waals surface area contributed by atoms with Crippen molar-refractivity contribution >= 4 is 17.2 Å². The Labute approximate surface area is 111 Å². The van der Waals surface area contributed by atoms with Crippen LogP contribution >= 0.6 is 11.3 Å². The molecule has 19 heavy (non-hydrogen) atoms. The van der Waals surface area contributed by atoms with Crippen molar-refractivity contribution in [3.8, 4) is 21.8 Å². The van der Waals surface area contributed by atoms with E-state index in [2.05, 4.69) is 5.16 Å². The summed E-state index contributed by atoms with van der Waals surface area (Å²) >= 11 is 1.39. The van der Waals surface area contributed by atoms with Crippen LogP contribution in [0.5, 0.6) is 0 Å². The molecule has 2 aromatic heterocycles. The SMILES string of the molecule is Nc1noc(-c2c(F)cccc2F)c1-c1cccs1. The number of nitrogens with zero attached hydrogens (tertiary/aromatic N) is 1. The fraction of sp³-hybridized carbons (Fsp3) is 0. The lowest BCUT2D eigenvalue weighted by Gasteiger charge is -2.03. The normalized spacial score (nSPS) is 10.8. The highest BCUT2D eigenvalue weighted by molar-refractivity contribution is 7.13. The zero-order valence-corrected chi connectivity index (χ0v) is 10.4. The number of thiophene rings is 1. The molecule has 0 fully saturated rings. The van der Waals surface area contributed by atoms with Gasteiger partial charge in [-0.15, -0.1) is 11.3 Å². The predicted molar refractivity (Wildman–Crippen MR) is 69.6 cm³/mol. The van der Waals surface area contributed by atoms with Crippen LogP contribution < -0.4 is 5.73 Å². The van der Waals surface area contributed by atoms with Crippen LogP contribution in [0.2, 0.25) is 0 Å². The summed E-state index contributed by atoms with van der Waals surface area (Å²) in [6.07, 6.45) is 0. The van der Waals surface area contributed by atoms with Gasteiger partial charge >= 0.3 is 0 Å². The molecule has 0 spiro atoms. The zero-order valence-electron chi connectivity index (χ0n) is 9.56. The predicted octanol–water partition coefficient (Wildman–Crippen LogP) is 3.93. The van der Waals surface area contributed by atoms with Crippen molar-refractivity contribution in [1.29, 1.82) is 0 Å². The lowest BCUT2D eigenvalue weighted by molar-refractivity contribution is 0.430. The number of halogens is 2. The molecule has 0 unspecified atom stereocenters. The minimum absolute atomic E-state index is 0.00977. The Bertz CT molecular complexity index is 702. The third-order valence-electron chi connectivity index (χ3n) is 2.68. The summed E-state index contributed by atoms with van der Waals surface area (Å²) in [5, 5.41) is 5.44. The molecule has 6 heteroatoms. The van der Waals surface area contributed by atoms with Crippen molar-refractivity contribution < 1.29 is 13.3 Å². The summed E-state index contributed by atoms with van der Waals surface area (Å²) in [6.45, 7) is 0. The standard InChI is InChI=1S/C13H8F2N2OS/c14-7-3-1-4-8(15)10(7)12-11(13(16)17-18-12)9-5-2-6-19-9/h1-6H,(H2,16,17). The van der Waals surface area contributed by atoms with Crippen molar-refractivity contribution in [2.45, 2.75) is 0 Å². The fourth-order valence-corrected chi connectivity index (χ4v) is 2.62. The highest BCUT2D eigenvalue weighted by Gasteiger charge is 2.23. The molecule has 3 nitrogen and oxygen atoms in total. The van der Waals surface area contributed by atoms with E-state index in [1.807, 2.05) is 11.4 Å². The Kier molecular flexibility index (Phi) is 2.79. The number of nitrogens with two attached hydrogens (primary N) is 1. The molecule has 0 atom stereocenters. The molecular formula is C13H8F2N2OS. The van der Waals surface area contributed by atoms with Crippen LogP contribution in [0, 0.1) is 11.6 Å². The number of hydrogen-bond acceptors (Lipinski definition) is 4. The van der Waals surface area contributed by atoms with Gasteiger partial charge in [0.25, 0.3) is 0 Å². The molecule has 3 rings (SSSR count). The second-order valence-electron chi connectivity index (χ2n) is 3.85. The van der Waals surface area contributed by atoms with Crippen molar-refractivity contribution in [3.63, 3.8) is 0 Å². The monoisotopic (exact) mass is 278 g/mol.